The molecule has 0 amide bonds. The zero-order valence-corrected chi connectivity index (χ0v) is 22.8. The van der Waals surface area contributed by atoms with Gasteiger partial charge >= 0.3 is 0 Å². The van der Waals surface area contributed by atoms with E-state index in [1.165, 1.54) is 0 Å². The molecule has 5 fully saturated rings. The first-order valence-electron chi connectivity index (χ1n) is 13.8. The summed E-state index contributed by atoms with van der Waals surface area (Å²) in [4.78, 5) is 41.0. The van der Waals surface area contributed by atoms with E-state index in [1.807, 2.05) is 13.8 Å². The fourth-order valence-electron chi connectivity index (χ4n) is 10.6. The van der Waals surface area contributed by atoms with Crippen molar-refractivity contribution in [2.24, 2.45) is 45.3 Å². The minimum Gasteiger partial charge on any atom is -0.369 e. The molecule has 1 saturated heterocycles. The first-order valence-corrected chi connectivity index (χ1v) is 13.8. The van der Waals surface area contributed by atoms with Crippen molar-refractivity contribution in [3.8, 4) is 0 Å². The molecule has 0 unspecified atom stereocenters. The van der Waals surface area contributed by atoms with Crippen molar-refractivity contribution in [1.82, 2.24) is 0 Å². The Morgan fingerprint density at radius 1 is 0.794 bits per heavy atom. The van der Waals surface area contributed by atoms with E-state index in [2.05, 4.69) is 41.5 Å². The Kier molecular flexibility index (Phi) is 5.11. The van der Waals surface area contributed by atoms with Gasteiger partial charge in [-0.25, -0.2) is 0 Å². The number of rotatable bonds is 1. The second-order valence-corrected chi connectivity index (χ2v) is 14.9. The number of ketones is 3. The van der Waals surface area contributed by atoms with Gasteiger partial charge in [-0.3, -0.25) is 14.4 Å². The topological polar surface area (TPSA) is 60.4 Å². The smallest absolute Gasteiger partial charge is 0.139 e. The van der Waals surface area contributed by atoms with Crippen molar-refractivity contribution in [3.05, 3.63) is 0 Å². The quantitative estimate of drug-likeness (QED) is 0.449. The largest absolute Gasteiger partial charge is 0.369 e. The van der Waals surface area contributed by atoms with Crippen molar-refractivity contribution in [2.75, 3.05) is 0 Å². The molecule has 4 heteroatoms. The SMILES string of the molecule is CC1(C)CCC[C@](C)([C@H]2CC[C@]3(C)[C@@H]2C(=O)C[C@@H]2[C@@]4(C)CCC(=O)C(C)(C)[C@@H]4C(=O)C[C@]23C)O1. The van der Waals surface area contributed by atoms with E-state index in [-0.39, 0.29) is 62.7 Å². The molecule has 8 atom stereocenters. The summed E-state index contributed by atoms with van der Waals surface area (Å²) in [5.41, 5.74) is -1.80. The van der Waals surface area contributed by atoms with Crippen molar-refractivity contribution < 1.29 is 19.1 Å². The Morgan fingerprint density at radius 3 is 2.12 bits per heavy atom. The molecule has 0 aromatic rings. The molecule has 4 nitrogen and oxygen atoms in total. The Labute approximate surface area is 206 Å². The third kappa shape index (κ3) is 2.96. The molecule has 4 aliphatic carbocycles. The second-order valence-electron chi connectivity index (χ2n) is 14.9. The van der Waals surface area contributed by atoms with Crippen LogP contribution < -0.4 is 0 Å². The molecule has 0 N–H and O–H groups in total. The summed E-state index contributed by atoms with van der Waals surface area (Å²) >= 11 is 0. The van der Waals surface area contributed by atoms with Crippen LogP contribution in [0, 0.1) is 45.3 Å². The van der Waals surface area contributed by atoms with Gasteiger partial charge in [0.1, 0.15) is 17.3 Å². The molecular weight excluding hydrogens is 424 g/mol. The average molecular weight is 471 g/mol. The third-order valence-electron chi connectivity index (χ3n) is 12.3. The highest BCUT2D eigenvalue weighted by Crippen LogP contribution is 2.74. The Bertz CT molecular complexity index is 947. The molecule has 0 spiro atoms. The van der Waals surface area contributed by atoms with Crippen LogP contribution >= 0.6 is 0 Å². The number of carbonyl (C=O) groups excluding carboxylic acids is 3. The van der Waals surface area contributed by atoms with Crippen LogP contribution in [0.25, 0.3) is 0 Å². The Morgan fingerprint density at radius 2 is 1.47 bits per heavy atom. The lowest BCUT2D eigenvalue weighted by Crippen LogP contribution is -2.68. The molecule has 4 saturated carbocycles. The summed E-state index contributed by atoms with van der Waals surface area (Å²) in [6, 6.07) is 0. The predicted octanol–water partition coefficient (Wildman–Crippen LogP) is 6.34. The van der Waals surface area contributed by atoms with E-state index in [4.69, 9.17) is 4.74 Å². The molecule has 5 aliphatic rings. The Hall–Kier alpha value is -1.03. The van der Waals surface area contributed by atoms with Gasteiger partial charge in [-0.05, 0) is 87.4 Å². The molecule has 0 aromatic carbocycles. The lowest BCUT2D eigenvalue weighted by Gasteiger charge is -2.67. The van der Waals surface area contributed by atoms with Gasteiger partial charge in [-0.15, -0.1) is 0 Å². The summed E-state index contributed by atoms with van der Waals surface area (Å²) in [7, 11) is 0. The molecular formula is C30H46O4. The van der Waals surface area contributed by atoms with Crippen LogP contribution in [-0.4, -0.2) is 28.6 Å². The van der Waals surface area contributed by atoms with Crippen LogP contribution in [0.15, 0.2) is 0 Å². The van der Waals surface area contributed by atoms with Crippen LogP contribution in [0.1, 0.15) is 113 Å². The summed E-state index contributed by atoms with van der Waals surface area (Å²) < 4.78 is 6.77. The summed E-state index contributed by atoms with van der Waals surface area (Å²) in [6.07, 6.45) is 7.51. The van der Waals surface area contributed by atoms with Crippen molar-refractivity contribution in [3.63, 3.8) is 0 Å². The molecule has 0 aromatic heterocycles. The minimum atomic E-state index is -0.639. The van der Waals surface area contributed by atoms with E-state index in [1.54, 1.807) is 0 Å². The number of hydrogen-bond acceptors (Lipinski definition) is 4. The summed E-state index contributed by atoms with van der Waals surface area (Å²) in [6.45, 7) is 17.5. The minimum absolute atomic E-state index is 0.0427. The maximum atomic E-state index is 14.2. The van der Waals surface area contributed by atoms with Gasteiger partial charge in [-0.1, -0.05) is 34.6 Å². The number of carbonyl (C=O) groups is 3. The standard InChI is InChI=1S/C30H46O4/c1-25(2)12-9-13-30(8,34-25)18-10-15-28(6)23(18)19(31)16-21-27(5)14-11-22(33)26(3,4)24(27)20(32)17-29(21,28)7/h18,21,23-24H,9-17H2,1-8H3/t18-,21+,23-,24-,27+,28+,29+,30+/m0/s1. The fraction of sp³-hybridized carbons (Fsp3) is 0.900. The van der Waals surface area contributed by atoms with Crippen molar-refractivity contribution >= 4 is 17.3 Å². The fourth-order valence-corrected chi connectivity index (χ4v) is 10.6. The lowest BCUT2D eigenvalue weighted by molar-refractivity contribution is -0.220. The van der Waals surface area contributed by atoms with Gasteiger partial charge in [0.05, 0.1) is 11.2 Å². The first kappa shape index (κ1) is 24.7. The lowest BCUT2D eigenvalue weighted by atomic mass is 9.35. The zero-order chi connectivity index (χ0) is 25.1. The molecule has 1 heterocycles. The van der Waals surface area contributed by atoms with Gasteiger partial charge in [0.25, 0.3) is 0 Å². The van der Waals surface area contributed by atoms with E-state index < -0.39 is 5.41 Å². The number of hydrogen-bond donors (Lipinski definition) is 0. The normalized spacial score (nSPS) is 52.1. The van der Waals surface area contributed by atoms with Crippen LogP contribution in [0.3, 0.4) is 0 Å². The van der Waals surface area contributed by atoms with E-state index in [0.29, 0.717) is 25.0 Å². The van der Waals surface area contributed by atoms with Gasteiger partial charge in [0.2, 0.25) is 0 Å². The number of ether oxygens (including phenoxy) is 1. The van der Waals surface area contributed by atoms with E-state index >= 15 is 0 Å². The molecule has 34 heavy (non-hydrogen) atoms. The monoisotopic (exact) mass is 470 g/mol. The van der Waals surface area contributed by atoms with Gasteiger partial charge < -0.3 is 4.74 Å². The maximum Gasteiger partial charge on any atom is 0.139 e. The van der Waals surface area contributed by atoms with Crippen LogP contribution in [0.5, 0.6) is 0 Å². The zero-order valence-electron chi connectivity index (χ0n) is 22.8. The third-order valence-corrected chi connectivity index (χ3v) is 12.3. The van der Waals surface area contributed by atoms with Crippen LogP contribution in [0.4, 0.5) is 0 Å². The Balaban J connectivity index is 1.56. The van der Waals surface area contributed by atoms with Gasteiger partial charge in [0, 0.05) is 36.5 Å². The average Bonchev–Trinajstić information content (AvgIpc) is 3.07. The van der Waals surface area contributed by atoms with Crippen molar-refractivity contribution in [2.45, 2.75) is 124 Å². The highest BCUT2D eigenvalue weighted by molar-refractivity contribution is 5.96. The second kappa shape index (κ2) is 7.05. The van der Waals surface area contributed by atoms with Crippen LogP contribution in [-0.2, 0) is 19.1 Å². The van der Waals surface area contributed by atoms with Crippen LogP contribution in [0.2, 0.25) is 0 Å². The van der Waals surface area contributed by atoms with Gasteiger partial charge in [0.15, 0.2) is 0 Å². The highest BCUT2D eigenvalue weighted by Gasteiger charge is 2.73. The van der Waals surface area contributed by atoms with E-state index in [0.717, 1.165) is 38.5 Å². The molecule has 190 valence electrons. The molecule has 0 bridgehead atoms. The van der Waals surface area contributed by atoms with Gasteiger partial charge in [-0.2, -0.15) is 0 Å². The summed E-state index contributed by atoms with van der Waals surface area (Å²) in [5.74, 6) is 0.918. The first-order chi connectivity index (χ1) is 15.5. The summed E-state index contributed by atoms with van der Waals surface area (Å²) in [5, 5.41) is 0. The number of Topliss-reactive ketones (excluding diaryl/α,β-unsaturated/α-hetero) is 3. The predicted molar refractivity (Wildman–Crippen MR) is 132 cm³/mol. The van der Waals surface area contributed by atoms with Crippen molar-refractivity contribution in [1.29, 1.82) is 0 Å². The molecule has 5 rings (SSSR count). The highest BCUT2D eigenvalue weighted by atomic mass is 16.5. The number of fused-ring (bicyclic) bond motifs is 5. The maximum absolute atomic E-state index is 14.2. The van der Waals surface area contributed by atoms with E-state index in [9.17, 15) is 14.4 Å². The molecule has 0 radical (unpaired) electrons. The molecule has 1 aliphatic heterocycles.